The number of aryl methyl sites for hydroxylation is 1. The molecule has 0 fully saturated rings. The first-order valence-corrected chi connectivity index (χ1v) is 9.88. The molecule has 9 heteroatoms. The largest absolute Gasteiger partial charge is 0.419 e. The molecule has 3 rings (SSSR count). The third-order valence-corrected chi connectivity index (χ3v) is 5.32. The summed E-state index contributed by atoms with van der Waals surface area (Å²) in [6.45, 7) is 1.47. The van der Waals surface area contributed by atoms with Crippen LogP contribution in [0.2, 0.25) is 0 Å². The Kier molecular flexibility index (Phi) is 5.48. The van der Waals surface area contributed by atoms with Crippen LogP contribution in [0.1, 0.15) is 11.1 Å². The maximum absolute atomic E-state index is 14.6. The second kappa shape index (κ2) is 7.69. The molecule has 0 aliphatic heterocycles. The van der Waals surface area contributed by atoms with Crippen LogP contribution in [0, 0.1) is 18.6 Å². The van der Waals surface area contributed by atoms with Crippen LogP contribution in [0.15, 0.2) is 51.7 Å². The number of fused-ring (bicyclic) bond motifs is 1. The molecular weight excluding hydrogens is 392 g/mol. The SMILES string of the molecule is Cc1cc(=O)oc2c(F)c(OS(=O)(=O)C[C@@H](N)Cc3ccccc3)c(F)cc12. The topological polar surface area (TPSA) is 99.6 Å². The van der Waals surface area contributed by atoms with Crippen LogP contribution < -0.4 is 15.5 Å². The molecule has 0 amide bonds. The van der Waals surface area contributed by atoms with Gasteiger partial charge in [0.2, 0.25) is 11.6 Å². The Bertz CT molecular complexity index is 1180. The van der Waals surface area contributed by atoms with Crippen molar-refractivity contribution in [2.75, 3.05) is 5.75 Å². The average Bonchev–Trinajstić information content (AvgIpc) is 2.60. The molecule has 0 bridgehead atoms. The number of rotatable bonds is 6. The molecule has 148 valence electrons. The Morgan fingerprint density at radius 1 is 1.18 bits per heavy atom. The predicted octanol–water partition coefficient (Wildman–Crippen LogP) is 2.66. The summed E-state index contributed by atoms with van der Waals surface area (Å²) in [7, 11) is -4.41. The summed E-state index contributed by atoms with van der Waals surface area (Å²) in [6.07, 6.45) is 0.236. The van der Waals surface area contributed by atoms with Gasteiger partial charge in [0, 0.05) is 17.5 Å². The van der Waals surface area contributed by atoms with E-state index in [1.165, 1.54) is 6.92 Å². The third-order valence-electron chi connectivity index (χ3n) is 4.06. The van der Waals surface area contributed by atoms with Crippen molar-refractivity contribution in [1.29, 1.82) is 0 Å². The fourth-order valence-corrected chi connectivity index (χ4v) is 3.95. The Morgan fingerprint density at radius 2 is 1.86 bits per heavy atom. The van der Waals surface area contributed by atoms with Crippen molar-refractivity contribution >= 4 is 21.1 Å². The molecule has 0 radical (unpaired) electrons. The van der Waals surface area contributed by atoms with E-state index in [1.54, 1.807) is 30.3 Å². The van der Waals surface area contributed by atoms with Crippen molar-refractivity contribution in [1.82, 2.24) is 0 Å². The van der Waals surface area contributed by atoms with Crippen molar-refractivity contribution in [3.63, 3.8) is 0 Å². The van der Waals surface area contributed by atoms with Crippen molar-refractivity contribution in [2.45, 2.75) is 19.4 Å². The molecule has 6 nitrogen and oxygen atoms in total. The Labute approximate surface area is 159 Å². The van der Waals surface area contributed by atoms with Crippen LogP contribution in [0.25, 0.3) is 11.0 Å². The minimum atomic E-state index is -4.41. The van der Waals surface area contributed by atoms with Crippen molar-refractivity contribution in [3.05, 3.63) is 75.6 Å². The summed E-state index contributed by atoms with van der Waals surface area (Å²) in [5.74, 6) is -4.46. The molecule has 1 aromatic heterocycles. The normalized spacial score (nSPS) is 12.9. The van der Waals surface area contributed by atoms with Gasteiger partial charge in [0.25, 0.3) is 0 Å². The highest BCUT2D eigenvalue weighted by atomic mass is 32.2. The summed E-state index contributed by atoms with van der Waals surface area (Å²) < 4.78 is 62.8. The third kappa shape index (κ3) is 4.37. The van der Waals surface area contributed by atoms with E-state index < -0.39 is 50.5 Å². The van der Waals surface area contributed by atoms with Crippen molar-refractivity contribution < 1.29 is 25.8 Å². The van der Waals surface area contributed by atoms with Crippen molar-refractivity contribution in [3.8, 4) is 5.75 Å². The van der Waals surface area contributed by atoms with Gasteiger partial charge in [-0.15, -0.1) is 0 Å². The smallest absolute Gasteiger partial charge is 0.336 e. The molecule has 0 saturated carbocycles. The predicted molar refractivity (Wildman–Crippen MR) is 99.7 cm³/mol. The summed E-state index contributed by atoms with van der Waals surface area (Å²) in [4.78, 5) is 11.5. The van der Waals surface area contributed by atoms with Gasteiger partial charge in [0.1, 0.15) is 5.75 Å². The highest BCUT2D eigenvalue weighted by molar-refractivity contribution is 7.87. The van der Waals surface area contributed by atoms with Gasteiger partial charge in [0.15, 0.2) is 11.4 Å². The van der Waals surface area contributed by atoms with Crippen LogP contribution in [-0.2, 0) is 16.5 Å². The minimum absolute atomic E-state index is 0.000118. The van der Waals surface area contributed by atoms with Gasteiger partial charge in [0.05, 0.1) is 0 Å². The lowest BCUT2D eigenvalue weighted by atomic mass is 10.1. The van der Waals surface area contributed by atoms with E-state index in [0.717, 1.165) is 17.7 Å². The lowest BCUT2D eigenvalue weighted by Crippen LogP contribution is -2.33. The van der Waals surface area contributed by atoms with Gasteiger partial charge in [-0.25, -0.2) is 9.18 Å². The molecule has 3 aromatic rings. The van der Waals surface area contributed by atoms with E-state index in [2.05, 4.69) is 4.18 Å². The zero-order valence-corrected chi connectivity index (χ0v) is 15.6. The molecule has 0 unspecified atom stereocenters. The monoisotopic (exact) mass is 409 g/mol. The molecule has 28 heavy (non-hydrogen) atoms. The van der Waals surface area contributed by atoms with E-state index in [1.807, 2.05) is 0 Å². The van der Waals surface area contributed by atoms with Gasteiger partial charge in [-0.2, -0.15) is 12.8 Å². The standard InChI is InChI=1S/C19H17F2NO5S/c1-11-7-16(23)26-18-14(11)9-15(20)19(17(18)21)27-28(24,25)10-13(22)8-12-5-3-2-4-6-12/h2-7,9,13H,8,10,22H2,1H3/t13-/m0/s1. The summed E-state index contributed by atoms with van der Waals surface area (Å²) in [5, 5.41) is 0.000118. The fourth-order valence-electron chi connectivity index (χ4n) is 2.84. The molecule has 2 aromatic carbocycles. The highest BCUT2D eigenvalue weighted by Gasteiger charge is 2.26. The van der Waals surface area contributed by atoms with Gasteiger partial charge >= 0.3 is 15.7 Å². The maximum atomic E-state index is 14.6. The molecule has 2 N–H and O–H groups in total. The summed E-state index contributed by atoms with van der Waals surface area (Å²) in [5.41, 5.74) is 5.51. The van der Waals surface area contributed by atoms with E-state index in [-0.39, 0.29) is 17.4 Å². The molecule has 0 saturated heterocycles. The number of hydrogen-bond acceptors (Lipinski definition) is 6. The Morgan fingerprint density at radius 3 is 2.54 bits per heavy atom. The first-order chi connectivity index (χ1) is 13.2. The van der Waals surface area contributed by atoms with Crippen molar-refractivity contribution in [2.24, 2.45) is 5.73 Å². The molecule has 0 aliphatic rings. The van der Waals surface area contributed by atoms with Gasteiger partial charge in [-0.1, -0.05) is 30.3 Å². The minimum Gasteiger partial charge on any atom is -0.419 e. The van der Waals surface area contributed by atoms with E-state index in [0.29, 0.717) is 0 Å². The lowest BCUT2D eigenvalue weighted by molar-refractivity contribution is 0.425. The quantitative estimate of drug-likeness (QED) is 0.496. The molecule has 1 atom stereocenters. The lowest BCUT2D eigenvalue weighted by Gasteiger charge is -2.14. The maximum Gasteiger partial charge on any atom is 0.336 e. The van der Waals surface area contributed by atoms with Crippen LogP contribution >= 0.6 is 0 Å². The molecule has 1 heterocycles. The van der Waals surface area contributed by atoms with E-state index >= 15 is 0 Å². The number of nitrogens with two attached hydrogens (primary N) is 1. The van der Waals surface area contributed by atoms with Crippen LogP contribution in [0.4, 0.5) is 8.78 Å². The zero-order valence-electron chi connectivity index (χ0n) is 14.8. The number of benzene rings is 2. The first-order valence-electron chi connectivity index (χ1n) is 8.30. The van der Waals surface area contributed by atoms with Gasteiger partial charge in [-0.3, -0.25) is 0 Å². The Balaban J connectivity index is 1.87. The second-order valence-corrected chi connectivity index (χ2v) is 8.00. The van der Waals surface area contributed by atoms with Crippen LogP contribution in [-0.4, -0.2) is 20.2 Å². The van der Waals surface area contributed by atoms with Crippen LogP contribution in [0.5, 0.6) is 5.75 Å². The molecular formula is C19H17F2NO5S. The van der Waals surface area contributed by atoms with Gasteiger partial charge < -0.3 is 14.3 Å². The summed E-state index contributed by atoms with van der Waals surface area (Å²) >= 11 is 0. The second-order valence-electron chi connectivity index (χ2n) is 6.38. The molecule has 0 aliphatic carbocycles. The van der Waals surface area contributed by atoms with E-state index in [9.17, 15) is 22.0 Å². The Hall–Kier alpha value is -2.78. The molecule has 0 spiro atoms. The number of halogens is 2. The zero-order chi connectivity index (χ0) is 20.5. The van der Waals surface area contributed by atoms with Crippen LogP contribution in [0.3, 0.4) is 0 Å². The van der Waals surface area contributed by atoms with E-state index in [4.69, 9.17) is 10.2 Å². The highest BCUT2D eigenvalue weighted by Crippen LogP contribution is 2.31. The summed E-state index contributed by atoms with van der Waals surface area (Å²) in [6, 6.07) is 10.00. The fraction of sp³-hybridized carbons (Fsp3) is 0.211. The van der Waals surface area contributed by atoms with Gasteiger partial charge in [-0.05, 0) is 30.5 Å². The average molecular weight is 409 g/mol. The number of hydrogen-bond donors (Lipinski definition) is 1. The first kappa shape index (κ1) is 20.0.